The topological polar surface area (TPSA) is 73.9 Å². The fraction of sp³-hybridized carbons (Fsp3) is 0.500. The molecule has 1 amide bonds. The molecule has 2 unspecified atom stereocenters. The molecule has 6 heteroatoms. The summed E-state index contributed by atoms with van der Waals surface area (Å²) < 4.78 is 0. The number of H-pyrrole nitrogens is 1. The molecule has 1 saturated carbocycles. The zero-order valence-corrected chi connectivity index (χ0v) is 21.3. The quantitative estimate of drug-likeness (QED) is 0.356. The average molecular weight is 484 g/mol. The molecular weight excluding hydrogens is 446 g/mol. The number of aromatic nitrogens is 3. The van der Waals surface area contributed by atoms with Gasteiger partial charge in [-0.25, -0.2) is 0 Å². The normalized spacial score (nSPS) is 21.7. The van der Waals surface area contributed by atoms with Gasteiger partial charge in [0.15, 0.2) is 5.69 Å². The summed E-state index contributed by atoms with van der Waals surface area (Å²) in [5, 5.41) is 11.5. The van der Waals surface area contributed by atoms with E-state index in [-0.39, 0.29) is 11.9 Å². The van der Waals surface area contributed by atoms with Gasteiger partial charge in [-0.15, -0.1) is 12.3 Å². The van der Waals surface area contributed by atoms with E-state index in [0.29, 0.717) is 11.6 Å². The number of aromatic amines is 1. The summed E-state index contributed by atoms with van der Waals surface area (Å²) in [4.78, 5) is 20.3. The lowest BCUT2D eigenvalue weighted by molar-refractivity contribution is 0.0929. The molecule has 1 aromatic carbocycles. The largest absolute Gasteiger partial charge is 0.348 e. The third-order valence-electron chi connectivity index (χ3n) is 8.02. The van der Waals surface area contributed by atoms with E-state index in [1.54, 1.807) is 0 Å². The molecule has 5 rings (SSSR count). The molecule has 1 aliphatic carbocycles. The van der Waals surface area contributed by atoms with Gasteiger partial charge < -0.3 is 5.32 Å². The molecule has 2 N–H and O–H groups in total. The highest BCUT2D eigenvalue weighted by Crippen LogP contribution is 2.28. The van der Waals surface area contributed by atoms with Crippen molar-refractivity contribution in [2.75, 3.05) is 13.1 Å². The molecule has 2 fully saturated rings. The van der Waals surface area contributed by atoms with Crippen LogP contribution in [0, 0.1) is 24.2 Å². The number of likely N-dealkylation sites (tertiary alicyclic amines) is 1. The lowest BCUT2D eigenvalue weighted by atomic mass is 9.97. The maximum Gasteiger partial charge on any atom is 0.272 e. The first-order valence-corrected chi connectivity index (χ1v) is 13.5. The molecule has 2 aromatic heterocycles. The molecule has 1 saturated heterocycles. The minimum Gasteiger partial charge on any atom is -0.348 e. The summed E-state index contributed by atoms with van der Waals surface area (Å²) in [6, 6.07) is 8.54. The van der Waals surface area contributed by atoms with Crippen LogP contribution >= 0.6 is 0 Å². The van der Waals surface area contributed by atoms with Gasteiger partial charge in [-0.2, -0.15) is 5.10 Å². The summed E-state index contributed by atoms with van der Waals surface area (Å²) in [5.41, 5.74) is 4.67. The molecule has 3 heterocycles. The molecule has 36 heavy (non-hydrogen) atoms. The highest BCUT2D eigenvalue weighted by molar-refractivity contribution is 6.05. The molecule has 0 spiro atoms. The van der Waals surface area contributed by atoms with E-state index < -0.39 is 0 Å². The van der Waals surface area contributed by atoms with Gasteiger partial charge in [0, 0.05) is 42.4 Å². The van der Waals surface area contributed by atoms with Crippen LogP contribution in [0.5, 0.6) is 0 Å². The van der Waals surface area contributed by atoms with E-state index in [9.17, 15) is 4.79 Å². The number of hydrogen-bond donors (Lipinski definition) is 2. The van der Waals surface area contributed by atoms with Crippen molar-refractivity contribution >= 4 is 16.8 Å². The number of benzene rings is 1. The molecule has 0 bridgehead atoms. The number of carbonyl (C=O) groups is 1. The van der Waals surface area contributed by atoms with Crippen molar-refractivity contribution in [3.8, 4) is 23.5 Å². The highest BCUT2D eigenvalue weighted by Gasteiger charge is 2.23. The van der Waals surface area contributed by atoms with Crippen LogP contribution in [-0.2, 0) is 6.54 Å². The number of terminal acetylenes is 1. The minimum absolute atomic E-state index is 0.106. The molecule has 2 atom stereocenters. The highest BCUT2D eigenvalue weighted by atomic mass is 16.2. The van der Waals surface area contributed by atoms with E-state index in [0.717, 1.165) is 86.1 Å². The Morgan fingerprint density at radius 2 is 1.97 bits per heavy atom. The molecule has 6 nitrogen and oxygen atoms in total. The van der Waals surface area contributed by atoms with Crippen molar-refractivity contribution in [1.82, 2.24) is 25.4 Å². The molecule has 188 valence electrons. The third-order valence-corrected chi connectivity index (χ3v) is 8.02. The SMILES string of the molecule is C#CCC1CCCC(NC(=O)c2n[nH]c3ccc(-c4cncc(CN5CCC(C)CC5)c4)cc23)CC1. The van der Waals surface area contributed by atoms with Crippen molar-refractivity contribution < 1.29 is 4.79 Å². The number of amides is 1. The Morgan fingerprint density at radius 3 is 2.81 bits per heavy atom. The fourth-order valence-electron chi connectivity index (χ4n) is 5.72. The predicted octanol–water partition coefficient (Wildman–Crippen LogP) is 5.56. The van der Waals surface area contributed by atoms with Gasteiger partial charge in [0.25, 0.3) is 5.91 Å². The van der Waals surface area contributed by atoms with Gasteiger partial charge in [0.05, 0.1) is 5.52 Å². The van der Waals surface area contributed by atoms with Crippen LogP contribution in [0.4, 0.5) is 0 Å². The second-order valence-electron chi connectivity index (χ2n) is 10.8. The fourth-order valence-corrected chi connectivity index (χ4v) is 5.72. The number of fused-ring (bicyclic) bond motifs is 1. The second kappa shape index (κ2) is 11.3. The first-order chi connectivity index (χ1) is 17.6. The van der Waals surface area contributed by atoms with E-state index >= 15 is 0 Å². The van der Waals surface area contributed by atoms with Crippen LogP contribution in [0.1, 0.15) is 74.3 Å². The number of rotatable bonds is 6. The second-order valence-corrected chi connectivity index (χ2v) is 10.8. The molecule has 0 radical (unpaired) electrons. The van der Waals surface area contributed by atoms with Crippen molar-refractivity contribution in [3.63, 3.8) is 0 Å². The Kier molecular flexibility index (Phi) is 7.67. The number of pyridine rings is 1. The Morgan fingerprint density at radius 1 is 1.11 bits per heavy atom. The number of carbonyl (C=O) groups excluding carboxylic acids is 1. The molecule has 3 aromatic rings. The zero-order chi connectivity index (χ0) is 24.9. The summed E-state index contributed by atoms with van der Waals surface area (Å²) in [7, 11) is 0. The maximum absolute atomic E-state index is 13.2. The first kappa shape index (κ1) is 24.5. The van der Waals surface area contributed by atoms with E-state index in [1.807, 2.05) is 18.5 Å². The maximum atomic E-state index is 13.2. The first-order valence-electron chi connectivity index (χ1n) is 13.5. The lowest BCUT2D eigenvalue weighted by Crippen LogP contribution is -2.34. The van der Waals surface area contributed by atoms with Gasteiger partial charge in [-0.1, -0.05) is 19.4 Å². The summed E-state index contributed by atoms with van der Waals surface area (Å²) in [5.74, 6) is 4.10. The van der Waals surface area contributed by atoms with Crippen molar-refractivity contribution in [2.24, 2.45) is 11.8 Å². The van der Waals surface area contributed by atoms with Gasteiger partial charge >= 0.3 is 0 Å². The van der Waals surface area contributed by atoms with Crippen LogP contribution in [0.25, 0.3) is 22.0 Å². The van der Waals surface area contributed by atoms with Gasteiger partial charge in [0.1, 0.15) is 0 Å². The minimum atomic E-state index is -0.106. The number of piperidine rings is 1. The average Bonchev–Trinajstić information content (AvgIpc) is 3.20. The zero-order valence-electron chi connectivity index (χ0n) is 21.3. The van der Waals surface area contributed by atoms with Gasteiger partial charge in [0.2, 0.25) is 0 Å². The van der Waals surface area contributed by atoms with E-state index in [2.05, 4.69) is 56.4 Å². The van der Waals surface area contributed by atoms with Crippen LogP contribution in [-0.4, -0.2) is 45.1 Å². The van der Waals surface area contributed by atoms with Crippen molar-refractivity contribution in [3.05, 3.63) is 47.9 Å². The standard InChI is InChI=1S/C30H37N5O/c1-3-5-22-6-4-7-26(10-8-22)32-30(36)29-27-17-24(9-11-28(27)33-34-29)25-16-23(18-31-19-25)20-35-14-12-21(2)13-15-35/h1,9,11,16-19,21-22,26H,4-8,10,12-15,20H2,2H3,(H,32,36)(H,33,34). The molecule has 2 aliphatic rings. The van der Waals surface area contributed by atoms with Crippen LogP contribution in [0.2, 0.25) is 0 Å². The Labute approximate surface area is 214 Å². The van der Waals surface area contributed by atoms with Gasteiger partial charge in [-0.3, -0.25) is 19.8 Å². The summed E-state index contributed by atoms with van der Waals surface area (Å²) in [6.07, 6.45) is 18.0. The summed E-state index contributed by atoms with van der Waals surface area (Å²) >= 11 is 0. The van der Waals surface area contributed by atoms with E-state index in [4.69, 9.17) is 6.42 Å². The number of hydrogen-bond acceptors (Lipinski definition) is 4. The van der Waals surface area contributed by atoms with E-state index in [1.165, 1.54) is 18.4 Å². The summed E-state index contributed by atoms with van der Waals surface area (Å²) in [6.45, 7) is 5.57. The van der Waals surface area contributed by atoms with Crippen LogP contribution < -0.4 is 5.32 Å². The van der Waals surface area contributed by atoms with Crippen LogP contribution in [0.15, 0.2) is 36.7 Å². The number of nitrogens with zero attached hydrogens (tertiary/aromatic N) is 3. The molecule has 1 aliphatic heterocycles. The Hall–Kier alpha value is -3.17. The molecular formula is C30H37N5O. The van der Waals surface area contributed by atoms with Crippen LogP contribution in [0.3, 0.4) is 0 Å². The smallest absolute Gasteiger partial charge is 0.272 e. The predicted molar refractivity (Wildman–Crippen MR) is 144 cm³/mol. The van der Waals surface area contributed by atoms with Crippen molar-refractivity contribution in [1.29, 1.82) is 0 Å². The Balaban J connectivity index is 1.30. The lowest BCUT2D eigenvalue weighted by Gasteiger charge is -2.30. The Bertz CT molecular complexity index is 1230. The number of nitrogens with one attached hydrogen (secondary N) is 2. The monoisotopic (exact) mass is 483 g/mol. The third kappa shape index (κ3) is 5.79. The van der Waals surface area contributed by atoms with Gasteiger partial charge in [-0.05, 0) is 92.8 Å². The van der Waals surface area contributed by atoms with Crippen molar-refractivity contribution in [2.45, 2.75) is 70.9 Å².